The Morgan fingerprint density at radius 3 is 2.61 bits per heavy atom. The zero-order valence-corrected chi connectivity index (χ0v) is 10.3. The van der Waals surface area contributed by atoms with E-state index >= 15 is 0 Å². The Bertz CT molecular complexity index is 651. The Labute approximate surface area is 103 Å². The van der Waals surface area contributed by atoms with Gasteiger partial charge in [0, 0.05) is 19.4 Å². The first-order valence-corrected chi connectivity index (χ1v) is 5.60. The molecule has 0 unspecified atom stereocenters. The van der Waals surface area contributed by atoms with Crippen LogP contribution in [0.2, 0.25) is 0 Å². The Kier molecular flexibility index (Phi) is 3.47. The molecule has 0 saturated carbocycles. The van der Waals surface area contributed by atoms with Crippen molar-refractivity contribution in [2.24, 2.45) is 7.05 Å². The minimum absolute atomic E-state index is 0.263. The van der Waals surface area contributed by atoms with Gasteiger partial charge in [-0.25, -0.2) is 0 Å². The molecule has 96 valence electrons. The summed E-state index contributed by atoms with van der Waals surface area (Å²) >= 11 is 0. The molecular weight excluding hydrogens is 234 g/mol. The van der Waals surface area contributed by atoms with E-state index in [0.29, 0.717) is 12.3 Å². The van der Waals surface area contributed by atoms with E-state index in [0.717, 1.165) is 5.76 Å². The molecule has 0 radical (unpaired) electrons. The smallest absolute Gasteiger partial charge is 0.316 e. The second-order valence-electron chi connectivity index (χ2n) is 4.05. The Morgan fingerprint density at radius 2 is 1.89 bits per heavy atom. The fourth-order valence-corrected chi connectivity index (χ4v) is 1.66. The number of furan rings is 1. The second kappa shape index (κ2) is 5.05. The summed E-state index contributed by atoms with van der Waals surface area (Å²) in [6.07, 6.45) is 3.13. The zero-order valence-electron chi connectivity index (χ0n) is 10.3. The standard InChI is InChI=1S/C12H15N3O3/c1-13-7-9-3-4-10(18-9)8-15-6-5-14(2)11(16)12(15)17/h3-6,13H,7-8H2,1-2H3. The molecule has 0 fully saturated rings. The third kappa shape index (κ3) is 2.43. The first kappa shape index (κ1) is 12.4. The SMILES string of the molecule is CNCc1ccc(Cn2ccn(C)c(=O)c2=O)o1. The van der Waals surface area contributed by atoms with Crippen molar-refractivity contribution >= 4 is 0 Å². The van der Waals surface area contributed by atoms with Crippen LogP contribution < -0.4 is 16.4 Å². The molecule has 0 saturated heterocycles. The van der Waals surface area contributed by atoms with Crippen LogP contribution in [-0.4, -0.2) is 16.2 Å². The molecule has 0 spiro atoms. The Balaban J connectivity index is 2.26. The van der Waals surface area contributed by atoms with Gasteiger partial charge in [0.25, 0.3) is 0 Å². The quantitative estimate of drug-likeness (QED) is 0.769. The molecule has 2 aromatic rings. The van der Waals surface area contributed by atoms with Crippen LogP contribution in [0.5, 0.6) is 0 Å². The van der Waals surface area contributed by atoms with Crippen LogP contribution in [0.4, 0.5) is 0 Å². The van der Waals surface area contributed by atoms with Gasteiger partial charge in [-0.3, -0.25) is 9.59 Å². The van der Waals surface area contributed by atoms with Crippen molar-refractivity contribution in [3.63, 3.8) is 0 Å². The van der Waals surface area contributed by atoms with E-state index in [2.05, 4.69) is 5.32 Å². The third-order valence-electron chi connectivity index (χ3n) is 2.63. The lowest BCUT2D eigenvalue weighted by Gasteiger charge is -2.03. The van der Waals surface area contributed by atoms with E-state index in [4.69, 9.17) is 4.42 Å². The van der Waals surface area contributed by atoms with Crippen molar-refractivity contribution in [2.75, 3.05) is 7.05 Å². The molecule has 6 heteroatoms. The highest BCUT2D eigenvalue weighted by atomic mass is 16.3. The summed E-state index contributed by atoms with van der Waals surface area (Å²) in [5.41, 5.74) is -1.09. The summed E-state index contributed by atoms with van der Waals surface area (Å²) in [4.78, 5) is 23.2. The molecule has 2 heterocycles. The predicted molar refractivity (Wildman–Crippen MR) is 66.5 cm³/mol. The van der Waals surface area contributed by atoms with Gasteiger partial charge in [-0.1, -0.05) is 0 Å². The molecule has 2 rings (SSSR count). The molecule has 0 aliphatic carbocycles. The van der Waals surface area contributed by atoms with Crippen LogP contribution in [0.15, 0.2) is 38.5 Å². The van der Waals surface area contributed by atoms with Gasteiger partial charge in [0.2, 0.25) is 0 Å². The molecule has 2 aromatic heterocycles. The van der Waals surface area contributed by atoms with E-state index in [9.17, 15) is 9.59 Å². The van der Waals surface area contributed by atoms with Gasteiger partial charge in [-0.15, -0.1) is 0 Å². The lowest BCUT2D eigenvalue weighted by atomic mass is 10.4. The van der Waals surface area contributed by atoms with Crippen molar-refractivity contribution in [2.45, 2.75) is 13.1 Å². The molecule has 0 aliphatic rings. The van der Waals surface area contributed by atoms with Crippen LogP contribution in [0.3, 0.4) is 0 Å². The van der Waals surface area contributed by atoms with Crippen LogP contribution in [0, 0.1) is 0 Å². The monoisotopic (exact) mass is 249 g/mol. The van der Waals surface area contributed by atoms with Crippen LogP contribution in [0.1, 0.15) is 11.5 Å². The Morgan fingerprint density at radius 1 is 1.17 bits per heavy atom. The minimum atomic E-state index is -0.549. The number of rotatable bonds is 4. The van der Waals surface area contributed by atoms with E-state index in [1.54, 1.807) is 25.5 Å². The van der Waals surface area contributed by atoms with Gasteiger partial charge in [0.1, 0.15) is 11.5 Å². The highest BCUT2D eigenvalue weighted by Crippen LogP contribution is 2.08. The minimum Gasteiger partial charge on any atom is -0.463 e. The van der Waals surface area contributed by atoms with Gasteiger partial charge >= 0.3 is 11.1 Å². The van der Waals surface area contributed by atoms with Crippen molar-refractivity contribution in [3.8, 4) is 0 Å². The fraction of sp³-hybridized carbons (Fsp3) is 0.333. The summed E-state index contributed by atoms with van der Waals surface area (Å²) in [7, 11) is 3.37. The van der Waals surface area contributed by atoms with E-state index < -0.39 is 11.1 Å². The summed E-state index contributed by atoms with van der Waals surface area (Å²) in [6, 6.07) is 3.65. The highest BCUT2D eigenvalue weighted by Gasteiger charge is 2.06. The van der Waals surface area contributed by atoms with Gasteiger partial charge in [0.15, 0.2) is 0 Å². The maximum Gasteiger partial charge on any atom is 0.316 e. The van der Waals surface area contributed by atoms with E-state index in [1.165, 1.54) is 9.13 Å². The molecule has 0 aromatic carbocycles. The lowest BCUT2D eigenvalue weighted by molar-refractivity contribution is 0.441. The summed E-state index contributed by atoms with van der Waals surface area (Å²) in [5, 5.41) is 2.97. The summed E-state index contributed by atoms with van der Waals surface area (Å²) < 4.78 is 8.12. The van der Waals surface area contributed by atoms with E-state index in [-0.39, 0.29) is 6.54 Å². The van der Waals surface area contributed by atoms with E-state index in [1.807, 2.05) is 13.1 Å². The lowest BCUT2D eigenvalue weighted by Crippen LogP contribution is -2.39. The largest absolute Gasteiger partial charge is 0.463 e. The number of hydrogen-bond donors (Lipinski definition) is 1. The number of aryl methyl sites for hydroxylation is 1. The summed E-state index contributed by atoms with van der Waals surface area (Å²) in [5.74, 6) is 1.44. The average molecular weight is 249 g/mol. The van der Waals surface area contributed by atoms with Crippen molar-refractivity contribution in [1.29, 1.82) is 0 Å². The Hall–Kier alpha value is -2.08. The molecule has 0 aliphatic heterocycles. The van der Waals surface area contributed by atoms with Gasteiger partial charge in [0.05, 0.1) is 13.1 Å². The maximum atomic E-state index is 11.7. The molecule has 1 N–H and O–H groups in total. The number of aromatic nitrogens is 2. The topological polar surface area (TPSA) is 69.2 Å². The van der Waals surface area contributed by atoms with Crippen LogP contribution >= 0.6 is 0 Å². The average Bonchev–Trinajstić information content (AvgIpc) is 2.78. The molecule has 0 bridgehead atoms. The first-order valence-electron chi connectivity index (χ1n) is 5.60. The second-order valence-corrected chi connectivity index (χ2v) is 4.05. The third-order valence-corrected chi connectivity index (χ3v) is 2.63. The van der Waals surface area contributed by atoms with Gasteiger partial charge in [-0.05, 0) is 19.2 Å². The number of nitrogens with zero attached hydrogens (tertiary/aromatic N) is 2. The van der Waals surface area contributed by atoms with Crippen molar-refractivity contribution in [3.05, 3.63) is 56.8 Å². The molecule has 0 atom stereocenters. The van der Waals surface area contributed by atoms with Crippen LogP contribution in [0.25, 0.3) is 0 Å². The zero-order chi connectivity index (χ0) is 13.1. The first-order chi connectivity index (χ1) is 8.61. The normalized spacial score (nSPS) is 10.8. The molecule has 6 nitrogen and oxygen atoms in total. The van der Waals surface area contributed by atoms with Gasteiger partial charge in [-0.2, -0.15) is 0 Å². The predicted octanol–water partition coefficient (Wildman–Crippen LogP) is -0.0923. The van der Waals surface area contributed by atoms with Gasteiger partial charge < -0.3 is 18.9 Å². The number of hydrogen-bond acceptors (Lipinski definition) is 4. The van der Waals surface area contributed by atoms with Crippen LogP contribution in [-0.2, 0) is 20.1 Å². The maximum absolute atomic E-state index is 11.7. The highest BCUT2D eigenvalue weighted by molar-refractivity contribution is 5.07. The molecular formula is C12H15N3O3. The van der Waals surface area contributed by atoms with Crippen molar-refractivity contribution < 1.29 is 4.42 Å². The molecule has 0 amide bonds. The molecule has 18 heavy (non-hydrogen) atoms. The fourth-order valence-electron chi connectivity index (χ4n) is 1.66. The number of nitrogens with one attached hydrogen (secondary N) is 1. The van der Waals surface area contributed by atoms with Crippen molar-refractivity contribution in [1.82, 2.24) is 14.5 Å². The summed E-state index contributed by atoms with van der Waals surface area (Å²) in [6.45, 7) is 0.893.